The van der Waals surface area contributed by atoms with Gasteiger partial charge in [0.2, 0.25) is 0 Å². The van der Waals surface area contributed by atoms with Crippen LogP contribution in [0.15, 0.2) is 18.2 Å². The normalized spacial score (nSPS) is 10.6. The van der Waals surface area contributed by atoms with Crippen molar-refractivity contribution in [3.63, 3.8) is 0 Å². The standard InChI is InChI=1S/C12H11ClFN3/c1-6-7(2)12(15)17-16-11(6)8-3-9(13)5-10(14)4-8/h3-5H,1-2H3,(H2,15,17). The number of rotatable bonds is 1. The van der Waals surface area contributed by atoms with E-state index < -0.39 is 5.82 Å². The highest BCUT2D eigenvalue weighted by Crippen LogP contribution is 2.27. The average molecular weight is 252 g/mol. The van der Waals surface area contributed by atoms with Crippen molar-refractivity contribution in [2.24, 2.45) is 0 Å². The Morgan fingerprint density at radius 2 is 1.82 bits per heavy atom. The quantitative estimate of drug-likeness (QED) is 0.847. The third-order valence-corrected chi connectivity index (χ3v) is 2.91. The fourth-order valence-electron chi connectivity index (χ4n) is 1.59. The molecule has 1 heterocycles. The molecule has 0 fully saturated rings. The molecule has 1 aromatic heterocycles. The van der Waals surface area contributed by atoms with Crippen LogP contribution in [-0.2, 0) is 0 Å². The molecular weight excluding hydrogens is 241 g/mol. The van der Waals surface area contributed by atoms with Crippen molar-refractivity contribution in [2.45, 2.75) is 13.8 Å². The molecule has 5 heteroatoms. The lowest BCUT2D eigenvalue weighted by Gasteiger charge is -2.09. The lowest BCUT2D eigenvalue weighted by Crippen LogP contribution is -2.02. The summed E-state index contributed by atoms with van der Waals surface area (Å²) in [5.41, 5.74) is 8.57. The molecule has 0 aliphatic carbocycles. The molecule has 0 unspecified atom stereocenters. The SMILES string of the molecule is Cc1c(N)nnc(-c2cc(F)cc(Cl)c2)c1C. The third kappa shape index (κ3) is 2.22. The molecule has 2 rings (SSSR count). The van der Waals surface area contributed by atoms with Gasteiger partial charge >= 0.3 is 0 Å². The van der Waals surface area contributed by atoms with Crippen molar-refractivity contribution in [2.75, 3.05) is 5.73 Å². The van der Waals surface area contributed by atoms with Crippen molar-refractivity contribution in [3.8, 4) is 11.3 Å². The van der Waals surface area contributed by atoms with Crippen molar-refractivity contribution >= 4 is 17.4 Å². The molecule has 2 N–H and O–H groups in total. The maximum Gasteiger partial charge on any atom is 0.149 e. The average Bonchev–Trinajstić information content (AvgIpc) is 2.24. The van der Waals surface area contributed by atoms with E-state index in [1.807, 2.05) is 13.8 Å². The number of benzene rings is 1. The topological polar surface area (TPSA) is 51.8 Å². The van der Waals surface area contributed by atoms with Crippen LogP contribution in [0.1, 0.15) is 11.1 Å². The van der Waals surface area contributed by atoms with Gasteiger partial charge in [-0.1, -0.05) is 11.6 Å². The summed E-state index contributed by atoms with van der Waals surface area (Å²) in [6, 6.07) is 4.27. The highest BCUT2D eigenvalue weighted by molar-refractivity contribution is 6.30. The van der Waals surface area contributed by atoms with Crippen molar-refractivity contribution < 1.29 is 4.39 Å². The predicted molar refractivity (Wildman–Crippen MR) is 66.3 cm³/mol. The first-order valence-electron chi connectivity index (χ1n) is 5.05. The van der Waals surface area contributed by atoms with E-state index in [1.165, 1.54) is 12.1 Å². The van der Waals surface area contributed by atoms with E-state index in [9.17, 15) is 4.39 Å². The van der Waals surface area contributed by atoms with Gasteiger partial charge in [0.1, 0.15) is 11.6 Å². The number of nitrogen functional groups attached to an aromatic ring is 1. The minimum Gasteiger partial charge on any atom is -0.382 e. The Kier molecular flexibility index (Phi) is 2.98. The van der Waals surface area contributed by atoms with Crippen LogP contribution in [0.5, 0.6) is 0 Å². The number of nitrogens with zero attached hydrogens (tertiary/aromatic N) is 2. The molecule has 0 radical (unpaired) electrons. The van der Waals surface area contributed by atoms with E-state index in [4.69, 9.17) is 17.3 Å². The lowest BCUT2D eigenvalue weighted by molar-refractivity contribution is 0.628. The first-order valence-corrected chi connectivity index (χ1v) is 5.42. The molecule has 0 atom stereocenters. The molecule has 0 saturated carbocycles. The van der Waals surface area contributed by atoms with E-state index in [2.05, 4.69) is 10.2 Å². The van der Waals surface area contributed by atoms with Crippen LogP contribution in [-0.4, -0.2) is 10.2 Å². The largest absolute Gasteiger partial charge is 0.382 e. The summed E-state index contributed by atoms with van der Waals surface area (Å²) in [4.78, 5) is 0. The molecule has 3 nitrogen and oxygen atoms in total. The number of anilines is 1. The number of nitrogens with two attached hydrogens (primary N) is 1. The van der Waals surface area contributed by atoms with E-state index in [0.717, 1.165) is 11.1 Å². The minimum absolute atomic E-state index is 0.329. The van der Waals surface area contributed by atoms with Crippen LogP contribution < -0.4 is 5.73 Å². The van der Waals surface area contributed by atoms with Gasteiger partial charge in [-0.05, 0) is 43.2 Å². The van der Waals surface area contributed by atoms with Gasteiger partial charge in [0.05, 0.1) is 5.69 Å². The van der Waals surface area contributed by atoms with E-state index >= 15 is 0 Å². The molecular formula is C12H11ClFN3. The van der Waals surface area contributed by atoms with Gasteiger partial charge in [0, 0.05) is 10.6 Å². The summed E-state index contributed by atoms with van der Waals surface area (Å²) >= 11 is 5.81. The number of hydrogen-bond donors (Lipinski definition) is 1. The predicted octanol–water partition coefficient (Wildman–Crippen LogP) is 3.14. The van der Waals surface area contributed by atoms with Gasteiger partial charge in [0.25, 0.3) is 0 Å². The zero-order chi connectivity index (χ0) is 12.6. The Balaban J connectivity index is 2.64. The van der Waals surface area contributed by atoms with Crippen molar-refractivity contribution in [3.05, 3.63) is 40.2 Å². The maximum atomic E-state index is 13.3. The van der Waals surface area contributed by atoms with Gasteiger partial charge in [0.15, 0.2) is 0 Å². The van der Waals surface area contributed by atoms with Crippen LogP contribution in [0.2, 0.25) is 5.02 Å². The van der Waals surface area contributed by atoms with Gasteiger partial charge in [-0.25, -0.2) is 4.39 Å². The van der Waals surface area contributed by atoms with Crippen LogP contribution in [0.3, 0.4) is 0 Å². The molecule has 0 bridgehead atoms. The zero-order valence-corrected chi connectivity index (χ0v) is 10.2. The summed E-state index contributed by atoms with van der Waals surface area (Å²) in [5, 5.41) is 8.16. The fraction of sp³-hybridized carbons (Fsp3) is 0.167. The third-order valence-electron chi connectivity index (χ3n) is 2.70. The summed E-state index contributed by atoms with van der Waals surface area (Å²) in [6.07, 6.45) is 0. The van der Waals surface area contributed by atoms with E-state index in [0.29, 0.717) is 22.1 Å². The summed E-state index contributed by atoms with van der Waals surface area (Å²) in [5.74, 6) is -0.0167. The molecule has 1 aromatic carbocycles. The summed E-state index contributed by atoms with van der Waals surface area (Å²) in [6.45, 7) is 3.72. The summed E-state index contributed by atoms with van der Waals surface area (Å²) in [7, 11) is 0. The first-order chi connectivity index (χ1) is 7.99. The summed E-state index contributed by atoms with van der Waals surface area (Å²) < 4.78 is 13.3. The van der Waals surface area contributed by atoms with Gasteiger partial charge in [-0.3, -0.25) is 0 Å². The van der Waals surface area contributed by atoms with Crippen LogP contribution in [0, 0.1) is 19.7 Å². The van der Waals surface area contributed by atoms with Gasteiger partial charge in [-0.15, -0.1) is 10.2 Å². The lowest BCUT2D eigenvalue weighted by atomic mass is 10.0. The van der Waals surface area contributed by atoms with Crippen LogP contribution in [0.4, 0.5) is 10.2 Å². The zero-order valence-electron chi connectivity index (χ0n) is 9.46. The van der Waals surface area contributed by atoms with Crippen LogP contribution in [0.25, 0.3) is 11.3 Å². The fourth-order valence-corrected chi connectivity index (χ4v) is 1.81. The van der Waals surface area contributed by atoms with Crippen molar-refractivity contribution in [1.82, 2.24) is 10.2 Å². The molecule has 2 aromatic rings. The Labute approximate surface area is 103 Å². The van der Waals surface area contributed by atoms with Gasteiger partial charge < -0.3 is 5.73 Å². The number of hydrogen-bond acceptors (Lipinski definition) is 3. The maximum absolute atomic E-state index is 13.3. The number of halogens is 2. The van der Waals surface area contributed by atoms with Crippen LogP contribution >= 0.6 is 11.6 Å². The molecule has 17 heavy (non-hydrogen) atoms. The van der Waals surface area contributed by atoms with Gasteiger partial charge in [-0.2, -0.15) is 0 Å². The Morgan fingerprint density at radius 3 is 2.47 bits per heavy atom. The van der Waals surface area contributed by atoms with E-state index in [-0.39, 0.29) is 0 Å². The molecule has 0 aliphatic rings. The highest BCUT2D eigenvalue weighted by Gasteiger charge is 2.11. The smallest absolute Gasteiger partial charge is 0.149 e. The Bertz CT molecular complexity index is 564. The second-order valence-electron chi connectivity index (χ2n) is 3.84. The molecule has 0 aliphatic heterocycles. The molecule has 0 amide bonds. The Hall–Kier alpha value is -1.68. The first kappa shape index (κ1) is 11.8. The van der Waals surface area contributed by atoms with E-state index in [1.54, 1.807) is 6.07 Å². The Morgan fingerprint density at radius 1 is 1.12 bits per heavy atom. The highest BCUT2D eigenvalue weighted by atomic mass is 35.5. The molecule has 0 saturated heterocycles. The number of aromatic nitrogens is 2. The second-order valence-corrected chi connectivity index (χ2v) is 4.28. The molecule has 88 valence electrons. The second kappa shape index (κ2) is 4.30. The van der Waals surface area contributed by atoms with Crippen molar-refractivity contribution in [1.29, 1.82) is 0 Å². The minimum atomic E-state index is -0.400. The monoisotopic (exact) mass is 251 g/mol. The molecule has 0 spiro atoms.